The number of carbonyl (C=O) groups excluding carboxylic acids is 1. The molecule has 0 aliphatic heterocycles. The van der Waals surface area contributed by atoms with Crippen molar-refractivity contribution in [2.75, 3.05) is 17.7 Å². The maximum absolute atomic E-state index is 11.7. The van der Waals surface area contributed by atoms with E-state index in [2.05, 4.69) is 25.2 Å². The van der Waals surface area contributed by atoms with Crippen LogP contribution < -0.4 is 10.6 Å². The zero-order valence-corrected chi connectivity index (χ0v) is 9.28. The molecule has 0 saturated heterocycles. The molecule has 0 aliphatic carbocycles. The zero-order valence-electron chi connectivity index (χ0n) is 8.47. The van der Waals surface area contributed by atoms with Crippen molar-refractivity contribution in [1.82, 2.24) is 14.6 Å². The zero-order chi connectivity index (χ0) is 11.4. The Labute approximate surface area is 95.9 Å². The molecule has 2 heterocycles. The Morgan fingerprint density at radius 2 is 2.31 bits per heavy atom. The van der Waals surface area contributed by atoms with Gasteiger partial charge >= 0.3 is 0 Å². The number of nitrogens with one attached hydrogen (secondary N) is 2. The van der Waals surface area contributed by atoms with Gasteiger partial charge in [-0.25, -0.2) is 4.98 Å². The summed E-state index contributed by atoms with van der Waals surface area (Å²) in [6, 6.07) is 5.19. The highest BCUT2D eigenvalue weighted by atomic mass is 32.1. The Kier molecular flexibility index (Phi) is 3.06. The molecule has 2 aromatic heterocycles. The minimum absolute atomic E-state index is 0.275. The van der Waals surface area contributed by atoms with Gasteiger partial charge in [0.2, 0.25) is 0 Å². The normalized spacial score (nSPS) is 9.81. The molecule has 0 bridgehead atoms. The van der Waals surface area contributed by atoms with E-state index >= 15 is 0 Å². The molecule has 6 nitrogen and oxygen atoms in total. The summed E-state index contributed by atoms with van der Waals surface area (Å²) in [5.74, 6) is 0.373. The number of amides is 1. The van der Waals surface area contributed by atoms with Gasteiger partial charge in [-0.1, -0.05) is 10.6 Å². The smallest absolute Gasteiger partial charge is 0.275 e. The number of hydrogen-bond donors (Lipinski definition) is 2. The van der Waals surface area contributed by atoms with E-state index in [0.717, 1.165) is 11.5 Å². The largest absolute Gasteiger partial charge is 0.373 e. The Hall–Kier alpha value is -2.02. The maximum Gasteiger partial charge on any atom is 0.275 e. The molecular weight excluding hydrogens is 226 g/mol. The topological polar surface area (TPSA) is 79.8 Å². The second kappa shape index (κ2) is 4.67. The van der Waals surface area contributed by atoms with Crippen LogP contribution in [0.25, 0.3) is 0 Å². The van der Waals surface area contributed by atoms with E-state index in [0.29, 0.717) is 16.5 Å². The van der Waals surface area contributed by atoms with Gasteiger partial charge in [0.15, 0.2) is 0 Å². The number of pyridine rings is 1. The Balaban J connectivity index is 2.14. The van der Waals surface area contributed by atoms with Crippen molar-refractivity contribution < 1.29 is 4.79 Å². The van der Waals surface area contributed by atoms with E-state index in [1.165, 1.54) is 6.20 Å². The van der Waals surface area contributed by atoms with Crippen LogP contribution in [0.4, 0.5) is 10.8 Å². The Bertz CT molecular complexity index is 484. The van der Waals surface area contributed by atoms with Crippen molar-refractivity contribution in [3.8, 4) is 0 Å². The van der Waals surface area contributed by atoms with Gasteiger partial charge in [0.05, 0.1) is 6.20 Å². The van der Waals surface area contributed by atoms with Gasteiger partial charge in [-0.2, -0.15) is 0 Å². The summed E-state index contributed by atoms with van der Waals surface area (Å²) < 4.78 is 3.65. The third-order valence-electron chi connectivity index (χ3n) is 1.84. The average Bonchev–Trinajstić information content (AvgIpc) is 2.82. The molecular formula is C9H9N5OS. The molecule has 2 N–H and O–H groups in total. The summed E-state index contributed by atoms with van der Waals surface area (Å²) in [5.41, 5.74) is 0.347. The summed E-state index contributed by atoms with van der Waals surface area (Å²) in [4.78, 5) is 15.8. The number of carbonyl (C=O) groups is 1. The second-order valence-corrected chi connectivity index (χ2v) is 3.68. The monoisotopic (exact) mass is 235 g/mol. The molecule has 0 atom stereocenters. The third kappa shape index (κ3) is 2.31. The molecule has 2 rings (SSSR count). The maximum atomic E-state index is 11.7. The lowest BCUT2D eigenvalue weighted by Crippen LogP contribution is -2.13. The Morgan fingerprint density at radius 3 is 3.00 bits per heavy atom. The summed E-state index contributed by atoms with van der Waals surface area (Å²) in [6.07, 6.45) is 1.49. The van der Waals surface area contributed by atoms with Crippen LogP contribution in [0, 0.1) is 0 Å². The quantitative estimate of drug-likeness (QED) is 0.836. The van der Waals surface area contributed by atoms with Crippen molar-refractivity contribution in [2.24, 2.45) is 0 Å². The highest BCUT2D eigenvalue weighted by Gasteiger charge is 2.09. The van der Waals surface area contributed by atoms with Gasteiger partial charge in [-0.15, -0.1) is 5.10 Å². The van der Waals surface area contributed by atoms with Gasteiger partial charge in [-0.3, -0.25) is 4.79 Å². The van der Waals surface area contributed by atoms with Crippen LogP contribution in [0.2, 0.25) is 0 Å². The van der Waals surface area contributed by atoms with Crippen molar-refractivity contribution in [3.63, 3.8) is 0 Å². The van der Waals surface area contributed by atoms with Crippen LogP contribution in [0.5, 0.6) is 0 Å². The third-order valence-corrected chi connectivity index (χ3v) is 2.42. The Morgan fingerprint density at radius 1 is 1.44 bits per heavy atom. The minimum Gasteiger partial charge on any atom is -0.373 e. The highest BCUT2D eigenvalue weighted by molar-refractivity contribution is 7.10. The van der Waals surface area contributed by atoms with Gasteiger partial charge in [0, 0.05) is 18.6 Å². The predicted molar refractivity (Wildman–Crippen MR) is 61.6 cm³/mol. The van der Waals surface area contributed by atoms with E-state index in [1.807, 2.05) is 0 Å². The summed E-state index contributed by atoms with van der Waals surface area (Å²) in [7, 11) is 1.75. The minimum atomic E-state index is -0.275. The number of nitrogens with zero attached hydrogens (tertiary/aromatic N) is 3. The van der Waals surface area contributed by atoms with Crippen molar-refractivity contribution in [2.45, 2.75) is 0 Å². The first-order chi connectivity index (χ1) is 7.79. The van der Waals surface area contributed by atoms with Crippen LogP contribution in [0.3, 0.4) is 0 Å². The molecule has 0 spiro atoms. The first kappa shape index (κ1) is 10.5. The van der Waals surface area contributed by atoms with Crippen molar-refractivity contribution in [3.05, 3.63) is 30.1 Å². The van der Waals surface area contributed by atoms with Gasteiger partial charge in [0.25, 0.3) is 5.91 Å². The van der Waals surface area contributed by atoms with Gasteiger partial charge < -0.3 is 10.6 Å². The first-order valence-corrected chi connectivity index (χ1v) is 5.30. The number of aromatic nitrogens is 3. The fourth-order valence-electron chi connectivity index (χ4n) is 1.10. The lowest BCUT2D eigenvalue weighted by atomic mass is 10.3. The summed E-state index contributed by atoms with van der Waals surface area (Å²) in [5, 5.41) is 9.74. The van der Waals surface area contributed by atoms with Crippen LogP contribution in [-0.2, 0) is 0 Å². The molecule has 1 amide bonds. The standard InChI is InChI=1S/C9H9N5OS/c1-10-7-4-2-3-6(12-7)9(15)13-8-5-11-14-16-8/h2-5H,1H3,(H,10,12)(H,13,15). The van der Waals surface area contributed by atoms with E-state index in [1.54, 1.807) is 25.2 Å². The number of hydrogen-bond acceptors (Lipinski definition) is 6. The average molecular weight is 235 g/mol. The molecule has 16 heavy (non-hydrogen) atoms. The second-order valence-electron chi connectivity index (χ2n) is 2.89. The molecule has 0 aromatic carbocycles. The van der Waals surface area contributed by atoms with Crippen LogP contribution in [0.15, 0.2) is 24.4 Å². The van der Waals surface area contributed by atoms with Crippen LogP contribution in [-0.4, -0.2) is 27.5 Å². The SMILES string of the molecule is CNc1cccc(C(=O)Nc2cnns2)n1. The predicted octanol–water partition coefficient (Wildman–Crippen LogP) is 1.23. The highest BCUT2D eigenvalue weighted by Crippen LogP contribution is 2.11. The van der Waals surface area contributed by atoms with Gasteiger partial charge in [-0.05, 0) is 12.1 Å². The van der Waals surface area contributed by atoms with E-state index < -0.39 is 0 Å². The molecule has 82 valence electrons. The first-order valence-electron chi connectivity index (χ1n) is 4.53. The van der Waals surface area contributed by atoms with Gasteiger partial charge in [0.1, 0.15) is 16.5 Å². The number of rotatable bonds is 3. The van der Waals surface area contributed by atoms with Crippen molar-refractivity contribution in [1.29, 1.82) is 0 Å². The molecule has 0 saturated carbocycles. The number of anilines is 2. The molecule has 7 heteroatoms. The fraction of sp³-hybridized carbons (Fsp3) is 0.111. The lowest BCUT2D eigenvalue weighted by molar-refractivity contribution is 0.102. The van der Waals surface area contributed by atoms with Crippen LogP contribution >= 0.6 is 11.5 Å². The van der Waals surface area contributed by atoms with Crippen LogP contribution in [0.1, 0.15) is 10.5 Å². The fourth-order valence-corrected chi connectivity index (χ4v) is 1.51. The molecule has 0 radical (unpaired) electrons. The molecule has 0 unspecified atom stereocenters. The molecule has 0 aliphatic rings. The lowest BCUT2D eigenvalue weighted by Gasteiger charge is -2.03. The summed E-state index contributed by atoms with van der Waals surface area (Å²) in [6.45, 7) is 0. The molecule has 2 aromatic rings. The summed E-state index contributed by atoms with van der Waals surface area (Å²) >= 11 is 1.12. The van der Waals surface area contributed by atoms with E-state index in [4.69, 9.17) is 0 Å². The van der Waals surface area contributed by atoms with Crippen molar-refractivity contribution >= 4 is 28.3 Å². The van der Waals surface area contributed by atoms with E-state index in [-0.39, 0.29) is 5.91 Å². The molecule has 0 fully saturated rings. The van der Waals surface area contributed by atoms with E-state index in [9.17, 15) is 4.79 Å².